The first kappa shape index (κ1) is 20.4. The molecule has 1 aromatic heterocycles. The largest absolute Gasteiger partial charge is 0.497 e. The predicted molar refractivity (Wildman–Crippen MR) is 128 cm³/mol. The van der Waals surface area contributed by atoms with Crippen molar-refractivity contribution in [1.82, 2.24) is 4.57 Å². The Morgan fingerprint density at radius 2 is 1.71 bits per heavy atom. The molecule has 0 saturated carbocycles. The van der Waals surface area contributed by atoms with E-state index in [2.05, 4.69) is 16.8 Å². The number of fused-ring (bicyclic) bond motifs is 1. The summed E-state index contributed by atoms with van der Waals surface area (Å²) in [4.78, 5) is 12.2. The lowest BCUT2D eigenvalue weighted by Gasteiger charge is -2.11. The van der Waals surface area contributed by atoms with E-state index in [9.17, 15) is 4.79 Å². The Kier molecular flexibility index (Phi) is 5.58. The second-order valence-corrected chi connectivity index (χ2v) is 7.29. The molecule has 4 rings (SSSR count). The Bertz CT molecular complexity index is 1230. The van der Waals surface area contributed by atoms with Gasteiger partial charge in [-0.2, -0.15) is 0 Å². The number of nitrogens with two attached hydrogens (primary N) is 1. The van der Waals surface area contributed by atoms with Gasteiger partial charge in [0.25, 0.3) is 0 Å². The van der Waals surface area contributed by atoms with E-state index in [1.807, 2.05) is 62.4 Å². The fourth-order valence-corrected chi connectivity index (χ4v) is 3.69. The van der Waals surface area contributed by atoms with E-state index in [-0.39, 0.29) is 0 Å². The second kappa shape index (κ2) is 8.48. The van der Waals surface area contributed by atoms with Crippen molar-refractivity contribution in [2.45, 2.75) is 13.5 Å². The molecule has 0 fully saturated rings. The highest BCUT2D eigenvalue weighted by molar-refractivity contribution is 6.32. The van der Waals surface area contributed by atoms with Crippen LogP contribution in [0.4, 0.5) is 16.2 Å². The number of carbonyl (C=O) groups excluding carboxylic acids is 1. The van der Waals surface area contributed by atoms with Crippen LogP contribution in [0.3, 0.4) is 0 Å². The summed E-state index contributed by atoms with van der Waals surface area (Å²) >= 11 is 0. The predicted octanol–water partition coefficient (Wildman–Crippen LogP) is 3.79. The highest BCUT2D eigenvalue weighted by Crippen LogP contribution is 2.37. The summed E-state index contributed by atoms with van der Waals surface area (Å²) in [7, 11) is 3.63. The molecule has 156 valence electrons. The Hall–Kier alpha value is -3.87. The zero-order valence-electron chi connectivity index (χ0n) is 17.8. The molecule has 1 heterocycles. The monoisotopic (exact) mass is 413 g/mol. The number of ether oxygens (including phenoxy) is 2. The normalized spacial score (nSPS) is 10.8. The van der Waals surface area contributed by atoms with Crippen molar-refractivity contribution in [3.63, 3.8) is 0 Å². The van der Waals surface area contributed by atoms with Crippen molar-refractivity contribution in [2.75, 3.05) is 18.2 Å². The molecular formula is C24H24BN3O3. The van der Waals surface area contributed by atoms with Crippen molar-refractivity contribution >= 4 is 41.7 Å². The number of aryl methyl sites for hydroxylation is 1. The molecule has 3 aromatic carbocycles. The third-order valence-corrected chi connectivity index (χ3v) is 5.26. The number of amides is 1. The summed E-state index contributed by atoms with van der Waals surface area (Å²) in [6, 6.07) is 20.8. The Balaban J connectivity index is 1.58. The van der Waals surface area contributed by atoms with E-state index >= 15 is 0 Å². The van der Waals surface area contributed by atoms with Crippen LogP contribution in [0.2, 0.25) is 0 Å². The van der Waals surface area contributed by atoms with Crippen molar-refractivity contribution in [1.29, 1.82) is 0 Å². The van der Waals surface area contributed by atoms with Crippen LogP contribution in [-0.4, -0.2) is 25.6 Å². The molecule has 4 aromatic rings. The highest BCUT2D eigenvalue weighted by Gasteiger charge is 2.16. The quantitative estimate of drug-likeness (QED) is 0.488. The van der Waals surface area contributed by atoms with Gasteiger partial charge in [-0.25, -0.2) is 4.79 Å². The maximum absolute atomic E-state index is 12.2. The van der Waals surface area contributed by atoms with Crippen LogP contribution in [0.5, 0.6) is 11.5 Å². The zero-order valence-corrected chi connectivity index (χ0v) is 17.8. The summed E-state index contributed by atoms with van der Waals surface area (Å²) < 4.78 is 12.9. The van der Waals surface area contributed by atoms with Crippen LogP contribution in [0, 0.1) is 0 Å². The lowest BCUT2D eigenvalue weighted by atomic mass is 9.97. The third kappa shape index (κ3) is 4.07. The number of nitrogen functional groups attached to an aromatic ring is 1. The highest BCUT2D eigenvalue weighted by atomic mass is 16.6. The van der Waals surface area contributed by atoms with E-state index in [0.29, 0.717) is 11.4 Å². The summed E-state index contributed by atoms with van der Waals surface area (Å²) in [6.45, 7) is 2.85. The first-order chi connectivity index (χ1) is 15.0. The first-order valence-corrected chi connectivity index (χ1v) is 10.1. The molecule has 7 heteroatoms. The molecule has 31 heavy (non-hydrogen) atoms. The summed E-state index contributed by atoms with van der Waals surface area (Å²) in [6.07, 6.45) is -0.536. The minimum absolute atomic E-state index is 0.496. The maximum atomic E-state index is 12.2. The number of hydrogen-bond donors (Lipinski definition) is 2. The molecule has 0 spiro atoms. The molecule has 0 radical (unpaired) electrons. The van der Waals surface area contributed by atoms with Crippen LogP contribution < -0.4 is 26.0 Å². The second-order valence-electron chi connectivity index (χ2n) is 7.29. The molecule has 0 aliphatic carbocycles. The molecule has 3 N–H and O–H groups in total. The molecule has 0 aliphatic rings. The number of benzene rings is 3. The minimum Gasteiger partial charge on any atom is -0.497 e. The van der Waals surface area contributed by atoms with Crippen LogP contribution >= 0.6 is 0 Å². The lowest BCUT2D eigenvalue weighted by Crippen LogP contribution is -2.17. The smallest absolute Gasteiger partial charge is 0.417 e. The van der Waals surface area contributed by atoms with Crippen LogP contribution in [0.1, 0.15) is 6.92 Å². The van der Waals surface area contributed by atoms with Gasteiger partial charge in [-0.05, 0) is 43.3 Å². The van der Waals surface area contributed by atoms with Crippen molar-refractivity contribution in [2.24, 2.45) is 0 Å². The van der Waals surface area contributed by atoms with Gasteiger partial charge in [-0.1, -0.05) is 29.7 Å². The number of anilines is 2. The van der Waals surface area contributed by atoms with Gasteiger partial charge in [0.2, 0.25) is 0 Å². The van der Waals surface area contributed by atoms with Gasteiger partial charge in [0.05, 0.1) is 24.0 Å². The number of aromatic nitrogens is 1. The lowest BCUT2D eigenvalue weighted by molar-refractivity contribution is 0.215. The molecule has 0 atom stereocenters. The average Bonchev–Trinajstić information content (AvgIpc) is 3.06. The number of methoxy groups -OCH3 is 1. The van der Waals surface area contributed by atoms with Gasteiger partial charge in [0.1, 0.15) is 19.3 Å². The van der Waals surface area contributed by atoms with Crippen LogP contribution in [0.15, 0.2) is 66.7 Å². The standard InChI is InChI=1S/C24H24BN3O3/c1-3-28-21-14-19(30-2)12-13-20(21)22(26)23(28)15-4-8-17(9-5-15)27-24(29)31-18-10-6-16(25)7-11-18/h4-14H,3,25-26H2,1-2H3,(H,27,29). The Labute approximate surface area is 182 Å². The third-order valence-electron chi connectivity index (χ3n) is 5.26. The fraction of sp³-hybridized carbons (Fsp3) is 0.125. The van der Waals surface area contributed by atoms with Gasteiger partial charge in [-0.15, -0.1) is 0 Å². The average molecular weight is 413 g/mol. The zero-order chi connectivity index (χ0) is 22.0. The number of carbonyl (C=O) groups is 1. The Morgan fingerprint density at radius 3 is 2.35 bits per heavy atom. The van der Waals surface area contributed by atoms with E-state index in [1.165, 1.54) is 0 Å². The Morgan fingerprint density at radius 1 is 1.03 bits per heavy atom. The van der Waals surface area contributed by atoms with Crippen molar-refractivity contribution < 1.29 is 14.3 Å². The molecule has 1 amide bonds. The molecule has 0 bridgehead atoms. The van der Waals surface area contributed by atoms with Gasteiger partial charge in [0, 0.05) is 29.2 Å². The molecule has 0 aliphatic heterocycles. The van der Waals surface area contributed by atoms with Crippen LogP contribution in [0.25, 0.3) is 22.2 Å². The number of nitrogens with zero attached hydrogens (tertiary/aromatic N) is 1. The first-order valence-electron chi connectivity index (χ1n) is 10.1. The van der Waals surface area contributed by atoms with Crippen molar-refractivity contribution in [3.8, 4) is 22.8 Å². The van der Waals surface area contributed by atoms with Gasteiger partial charge in [-0.3, -0.25) is 5.32 Å². The number of hydrogen-bond acceptors (Lipinski definition) is 4. The van der Waals surface area contributed by atoms with E-state index in [1.54, 1.807) is 19.2 Å². The maximum Gasteiger partial charge on any atom is 0.417 e. The fourth-order valence-electron chi connectivity index (χ4n) is 3.69. The van der Waals surface area contributed by atoms with E-state index < -0.39 is 6.09 Å². The van der Waals surface area contributed by atoms with Crippen LogP contribution in [-0.2, 0) is 6.54 Å². The number of rotatable bonds is 5. The molecule has 0 unspecified atom stereocenters. The minimum atomic E-state index is -0.536. The van der Waals surface area contributed by atoms with E-state index in [4.69, 9.17) is 15.2 Å². The topological polar surface area (TPSA) is 78.5 Å². The van der Waals surface area contributed by atoms with Gasteiger partial charge >= 0.3 is 6.09 Å². The van der Waals surface area contributed by atoms with Gasteiger partial charge in [0.15, 0.2) is 0 Å². The molecule has 6 nitrogen and oxygen atoms in total. The van der Waals surface area contributed by atoms with Gasteiger partial charge < -0.3 is 19.8 Å². The summed E-state index contributed by atoms with van der Waals surface area (Å²) in [5.74, 6) is 1.29. The number of nitrogens with one attached hydrogen (secondary N) is 1. The summed E-state index contributed by atoms with van der Waals surface area (Å²) in [5.41, 5.74) is 11.9. The SMILES string of the molecule is Bc1ccc(OC(=O)Nc2ccc(-c3c(N)c4ccc(OC)cc4n3CC)cc2)cc1. The van der Waals surface area contributed by atoms with E-state index in [0.717, 1.165) is 45.6 Å². The molecular weight excluding hydrogens is 389 g/mol. The molecule has 0 saturated heterocycles. The summed E-state index contributed by atoms with van der Waals surface area (Å²) in [5, 5.41) is 3.74. The van der Waals surface area contributed by atoms with Crippen molar-refractivity contribution in [3.05, 3.63) is 66.7 Å².